The Morgan fingerprint density at radius 3 is 2.74 bits per heavy atom. The third kappa shape index (κ3) is 5.16. The van der Waals surface area contributed by atoms with E-state index in [1.54, 1.807) is 18.2 Å². The third-order valence-electron chi connectivity index (χ3n) is 2.77. The van der Waals surface area contributed by atoms with E-state index in [1.165, 1.54) is 24.5 Å². The number of rotatable bonds is 6. The Bertz CT molecular complexity index is 699. The van der Waals surface area contributed by atoms with Gasteiger partial charge in [-0.25, -0.2) is 4.79 Å². The molecule has 0 aliphatic rings. The van der Waals surface area contributed by atoms with Gasteiger partial charge in [0.05, 0.1) is 24.3 Å². The number of nitrogens with one attached hydrogen (secondary N) is 3. The second-order valence-electron chi connectivity index (χ2n) is 4.47. The molecule has 0 fully saturated rings. The Labute approximate surface area is 130 Å². The summed E-state index contributed by atoms with van der Waals surface area (Å²) in [4.78, 5) is 33.2. The summed E-state index contributed by atoms with van der Waals surface area (Å²) in [6.07, 6.45) is 1.48. The second-order valence-corrected chi connectivity index (χ2v) is 4.47. The van der Waals surface area contributed by atoms with Crippen LogP contribution in [0.1, 0.15) is 5.76 Å². The number of nitro groups is 1. The largest absolute Gasteiger partial charge is 0.467 e. The van der Waals surface area contributed by atoms with Crippen LogP contribution in [0, 0.1) is 10.1 Å². The molecule has 120 valence electrons. The van der Waals surface area contributed by atoms with E-state index >= 15 is 0 Å². The SMILES string of the molecule is O=C(CNc1cccc([N+](=O)[O-])c1)NC(=O)NCc1ccco1. The molecule has 1 aromatic carbocycles. The first-order chi connectivity index (χ1) is 11.0. The minimum atomic E-state index is -0.660. The van der Waals surface area contributed by atoms with Gasteiger partial charge >= 0.3 is 6.03 Å². The minimum absolute atomic E-state index is 0.0911. The van der Waals surface area contributed by atoms with E-state index < -0.39 is 16.9 Å². The molecule has 3 amide bonds. The number of furan rings is 1. The van der Waals surface area contributed by atoms with E-state index in [0.717, 1.165) is 0 Å². The van der Waals surface area contributed by atoms with Crippen LogP contribution >= 0.6 is 0 Å². The lowest BCUT2D eigenvalue weighted by atomic mass is 10.3. The second kappa shape index (κ2) is 7.59. The number of amides is 3. The quantitative estimate of drug-likeness (QED) is 0.549. The summed E-state index contributed by atoms with van der Waals surface area (Å²) in [6, 6.07) is 8.42. The van der Waals surface area contributed by atoms with Gasteiger partial charge in [-0.05, 0) is 18.2 Å². The Balaban J connectivity index is 1.75. The monoisotopic (exact) mass is 318 g/mol. The van der Waals surface area contributed by atoms with Crippen molar-refractivity contribution in [3.8, 4) is 0 Å². The number of benzene rings is 1. The zero-order valence-corrected chi connectivity index (χ0v) is 11.9. The molecular weight excluding hydrogens is 304 g/mol. The van der Waals surface area contributed by atoms with Crippen LogP contribution in [-0.4, -0.2) is 23.4 Å². The molecule has 23 heavy (non-hydrogen) atoms. The van der Waals surface area contributed by atoms with Gasteiger partial charge in [-0.2, -0.15) is 0 Å². The summed E-state index contributed by atoms with van der Waals surface area (Å²) in [6.45, 7) is -0.0419. The van der Waals surface area contributed by atoms with Crippen molar-refractivity contribution in [3.05, 3.63) is 58.5 Å². The molecule has 2 aromatic rings. The molecule has 0 aliphatic heterocycles. The number of imide groups is 1. The normalized spacial score (nSPS) is 9.91. The number of nitrogens with zero attached hydrogens (tertiary/aromatic N) is 1. The molecule has 0 unspecified atom stereocenters. The van der Waals surface area contributed by atoms with Gasteiger partial charge in [0.15, 0.2) is 0 Å². The highest BCUT2D eigenvalue weighted by Crippen LogP contribution is 2.16. The van der Waals surface area contributed by atoms with E-state index in [0.29, 0.717) is 11.4 Å². The number of urea groups is 1. The number of nitro benzene ring substituents is 1. The van der Waals surface area contributed by atoms with Gasteiger partial charge < -0.3 is 15.1 Å². The number of carbonyl (C=O) groups is 2. The number of hydrogen-bond acceptors (Lipinski definition) is 6. The van der Waals surface area contributed by atoms with Crippen LogP contribution in [0.5, 0.6) is 0 Å². The minimum Gasteiger partial charge on any atom is -0.467 e. The molecule has 9 nitrogen and oxygen atoms in total. The van der Waals surface area contributed by atoms with Crippen LogP contribution in [-0.2, 0) is 11.3 Å². The lowest BCUT2D eigenvalue weighted by Gasteiger charge is -2.07. The summed E-state index contributed by atoms with van der Waals surface area (Å²) >= 11 is 0. The number of carbonyl (C=O) groups excluding carboxylic acids is 2. The van der Waals surface area contributed by atoms with Crippen LogP contribution in [0.25, 0.3) is 0 Å². The highest BCUT2D eigenvalue weighted by Gasteiger charge is 2.09. The van der Waals surface area contributed by atoms with Gasteiger partial charge in [-0.3, -0.25) is 20.2 Å². The van der Waals surface area contributed by atoms with Crippen LogP contribution in [0.3, 0.4) is 0 Å². The van der Waals surface area contributed by atoms with E-state index in [9.17, 15) is 19.7 Å². The summed E-state index contributed by atoms with van der Waals surface area (Å²) in [5.74, 6) is -0.0178. The van der Waals surface area contributed by atoms with Gasteiger partial charge in [-0.15, -0.1) is 0 Å². The lowest BCUT2D eigenvalue weighted by Crippen LogP contribution is -2.41. The first kappa shape index (κ1) is 16.0. The van der Waals surface area contributed by atoms with Gasteiger partial charge in [0.2, 0.25) is 5.91 Å². The van der Waals surface area contributed by atoms with Crippen molar-refractivity contribution in [1.29, 1.82) is 0 Å². The van der Waals surface area contributed by atoms with E-state index in [1.807, 2.05) is 0 Å². The topological polar surface area (TPSA) is 127 Å². The maximum atomic E-state index is 11.6. The molecule has 0 radical (unpaired) electrons. The molecule has 9 heteroatoms. The first-order valence-corrected chi connectivity index (χ1v) is 6.63. The third-order valence-corrected chi connectivity index (χ3v) is 2.77. The molecule has 3 N–H and O–H groups in total. The number of non-ortho nitro benzene ring substituents is 1. The Hall–Kier alpha value is -3.36. The van der Waals surface area contributed by atoms with Gasteiger partial charge in [0.25, 0.3) is 5.69 Å². The van der Waals surface area contributed by atoms with Crippen LogP contribution in [0.15, 0.2) is 47.1 Å². The standard InChI is InChI=1S/C14H14N4O5/c19-13(17-14(20)16-8-12-5-2-6-23-12)9-15-10-3-1-4-11(7-10)18(21)22/h1-7,15H,8-9H2,(H2,16,17,19,20). The summed E-state index contributed by atoms with van der Waals surface area (Å²) in [5, 5.41) is 17.9. The lowest BCUT2D eigenvalue weighted by molar-refractivity contribution is -0.384. The van der Waals surface area contributed by atoms with Crippen LogP contribution < -0.4 is 16.0 Å². The highest BCUT2D eigenvalue weighted by atomic mass is 16.6. The highest BCUT2D eigenvalue weighted by molar-refractivity contribution is 5.96. The first-order valence-electron chi connectivity index (χ1n) is 6.63. The fourth-order valence-electron chi connectivity index (χ4n) is 1.71. The van der Waals surface area contributed by atoms with Gasteiger partial charge in [-0.1, -0.05) is 6.07 Å². The average molecular weight is 318 g/mol. The van der Waals surface area contributed by atoms with E-state index in [2.05, 4.69) is 16.0 Å². The van der Waals surface area contributed by atoms with Gasteiger partial charge in [0.1, 0.15) is 5.76 Å². The van der Waals surface area contributed by atoms with E-state index in [-0.39, 0.29) is 18.8 Å². The maximum absolute atomic E-state index is 11.6. The molecular formula is C14H14N4O5. The molecule has 0 spiro atoms. The van der Waals surface area contributed by atoms with Gasteiger partial charge in [0, 0.05) is 17.8 Å². The van der Waals surface area contributed by atoms with Crippen molar-refractivity contribution in [3.63, 3.8) is 0 Å². The molecule has 2 rings (SSSR count). The Kier molecular flexibility index (Phi) is 5.29. The van der Waals surface area contributed by atoms with Crippen molar-refractivity contribution in [2.75, 3.05) is 11.9 Å². The molecule has 1 heterocycles. The van der Waals surface area contributed by atoms with Crippen LogP contribution in [0.2, 0.25) is 0 Å². The van der Waals surface area contributed by atoms with Crippen molar-refractivity contribution >= 4 is 23.3 Å². The van der Waals surface area contributed by atoms with Crippen molar-refractivity contribution in [1.82, 2.24) is 10.6 Å². The van der Waals surface area contributed by atoms with Crippen molar-refractivity contribution in [2.45, 2.75) is 6.54 Å². The molecule has 0 bridgehead atoms. The summed E-state index contributed by atoms with van der Waals surface area (Å²) in [5.41, 5.74) is 0.317. The molecule has 0 aliphatic carbocycles. The van der Waals surface area contributed by atoms with Crippen LogP contribution in [0.4, 0.5) is 16.2 Å². The fourth-order valence-corrected chi connectivity index (χ4v) is 1.71. The molecule has 0 saturated carbocycles. The zero-order valence-electron chi connectivity index (χ0n) is 11.9. The summed E-state index contributed by atoms with van der Waals surface area (Å²) < 4.78 is 5.03. The summed E-state index contributed by atoms with van der Waals surface area (Å²) in [7, 11) is 0. The Morgan fingerprint density at radius 2 is 2.04 bits per heavy atom. The fraction of sp³-hybridized carbons (Fsp3) is 0.143. The Morgan fingerprint density at radius 1 is 1.22 bits per heavy atom. The number of hydrogen-bond donors (Lipinski definition) is 3. The van der Waals surface area contributed by atoms with E-state index in [4.69, 9.17) is 4.42 Å². The average Bonchev–Trinajstić information content (AvgIpc) is 3.04. The predicted molar refractivity (Wildman–Crippen MR) is 80.7 cm³/mol. The molecule has 0 atom stereocenters. The van der Waals surface area contributed by atoms with Crippen molar-refractivity contribution < 1.29 is 18.9 Å². The smallest absolute Gasteiger partial charge is 0.321 e. The van der Waals surface area contributed by atoms with Crippen molar-refractivity contribution in [2.24, 2.45) is 0 Å². The maximum Gasteiger partial charge on any atom is 0.321 e. The number of anilines is 1. The molecule has 1 aromatic heterocycles. The molecule has 0 saturated heterocycles. The zero-order chi connectivity index (χ0) is 16.7. The predicted octanol–water partition coefficient (Wildman–Crippen LogP) is 1.63.